The van der Waals surface area contributed by atoms with Crippen LogP contribution in [0.4, 0.5) is 0 Å². The van der Waals surface area contributed by atoms with Crippen molar-refractivity contribution in [2.24, 2.45) is 5.92 Å². The average Bonchev–Trinajstić information content (AvgIpc) is 2.46. The Balaban J connectivity index is 1.86. The lowest BCUT2D eigenvalue weighted by Crippen LogP contribution is -2.55. The molecule has 1 aliphatic carbocycles. The summed E-state index contributed by atoms with van der Waals surface area (Å²) in [6, 6.07) is 0.413. The van der Waals surface area contributed by atoms with E-state index in [-0.39, 0.29) is 6.04 Å². The van der Waals surface area contributed by atoms with Crippen LogP contribution < -0.4 is 0 Å². The lowest BCUT2D eigenvalue weighted by atomic mass is 9.81. The Labute approximate surface area is 116 Å². The van der Waals surface area contributed by atoms with E-state index in [4.69, 9.17) is 5.11 Å². The van der Waals surface area contributed by atoms with Crippen molar-refractivity contribution in [1.82, 2.24) is 9.80 Å². The number of nitrogens with zero attached hydrogens (tertiary/aromatic N) is 2. The molecule has 1 saturated heterocycles. The summed E-state index contributed by atoms with van der Waals surface area (Å²) in [5.41, 5.74) is 0. The molecule has 2 aliphatic rings. The molecule has 1 N–H and O–H groups in total. The summed E-state index contributed by atoms with van der Waals surface area (Å²) >= 11 is 0. The molecule has 0 bridgehead atoms. The molecular weight excluding hydrogens is 240 g/mol. The van der Waals surface area contributed by atoms with Crippen molar-refractivity contribution in [3.63, 3.8) is 0 Å². The van der Waals surface area contributed by atoms with E-state index < -0.39 is 5.97 Å². The molecule has 3 unspecified atom stereocenters. The molecule has 3 atom stereocenters. The first-order valence-electron chi connectivity index (χ1n) is 7.84. The van der Waals surface area contributed by atoms with Gasteiger partial charge in [-0.05, 0) is 25.7 Å². The zero-order chi connectivity index (χ0) is 13.8. The first-order chi connectivity index (χ1) is 9.13. The SMILES string of the molecule is CCC1CCCCC1N1CCN(C(C)C(=O)O)CC1. The van der Waals surface area contributed by atoms with Crippen LogP contribution in [0.1, 0.15) is 46.0 Å². The van der Waals surface area contributed by atoms with Crippen molar-refractivity contribution >= 4 is 5.97 Å². The Hall–Kier alpha value is -0.610. The molecule has 19 heavy (non-hydrogen) atoms. The van der Waals surface area contributed by atoms with Gasteiger partial charge in [-0.15, -0.1) is 0 Å². The fraction of sp³-hybridized carbons (Fsp3) is 0.933. The molecule has 4 nitrogen and oxygen atoms in total. The smallest absolute Gasteiger partial charge is 0.320 e. The zero-order valence-electron chi connectivity index (χ0n) is 12.3. The maximum Gasteiger partial charge on any atom is 0.320 e. The lowest BCUT2D eigenvalue weighted by Gasteiger charge is -2.44. The summed E-state index contributed by atoms with van der Waals surface area (Å²) in [6.07, 6.45) is 6.77. The topological polar surface area (TPSA) is 43.8 Å². The highest BCUT2D eigenvalue weighted by atomic mass is 16.4. The van der Waals surface area contributed by atoms with E-state index in [2.05, 4.69) is 16.7 Å². The van der Waals surface area contributed by atoms with E-state index in [0.717, 1.165) is 38.1 Å². The van der Waals surface area contributed by atoms with Gasteiger partial charge in [0.1, 0.15) is 6.04 Å². The van der Waals surface area contributed by atoms with Crippen LogP contribution in [0.15, 0.2) is 0 Å². The van der Waals surface area contributed by atoms with Crippen molar-refractivity contribution < 1.29 is 9.90 Å². The number of piperazine rings is 1. The van der Waals surface area contributed by atoms with E-state index in [9.17, 15) is 4.79 Å². The Morgan fingerprint density at radius 3 is 2.42 bits per heavy atom. The monoisotopic (exact) mass is 268 g/mol. The van der Waals surface area contributed by atoms with E-state index in [0.29, 0.717) is 0 Å². The summed E-state index contributed by atoms with van der Waals surface area (Å²) < 4.78 is 0. The van der Waals surface area contributed by atoms with Gasteiger partial charge < -0.3 is 5.11 Å². The first kappa shape index (κ1) is 14.8. The van der Waals surface area contributed by atoms with Gasteiger partial charge in [-0.1, -0.05) is 26.2 Å². The summed E-state index contributed by atoms with van der Waals surface area (Å²) in [7, 11) is 0. The quantitative estimate of drug-likeness (QED) is 0.847. The van der Waals surface area contributed by atoms with Crippen LogP contribution in [0.3, 0.4) is 0 Å². The first-order valence-corrected chi connectivity index (χ1v) is 7.84. The largest absolute Gasteiger partial charge is 0.480 e. The minimum absolute atomic E-state index is 0.338. The molecule has 0 aromatic heterocycles. The van der Waals surface area contributed by atoms with E-state index >= 15 is 0 Å². The molecule has 0 aromatic rings. The van der Waals surface area contributed by atoms with Crippen LogP contribution >= 0.6 is 0 Å². The van der Waals surface area contributed by atoms with Gasteiger partial charge in [-0.3, -0.25) is 14.6 Å². The van der Waals surface area contributed by atoms with Gasteiger partial charge >= 0.3 is 5.97 Å². The maximum absolute atomic E-state index is 11.0. The molecule has 2 fully saturated rings. The van der Waals surface area contributed by atoms with Crippen LogP contribution in [0.2, 0.25) is 0 Å². The minimum Gasteiger partial charge on any atom is -0.480 e. The van der Waals surface area contributed by atoms with Crippen LogP contribution in [0.5, 0.6) is 0 Å². The molecule has 4 heteroatoms. The molecule has 1 saturated carbocycles. The van der Waals surface area contributed by atoms with Crippen LogP contribution in [-0.4, -0.2) is 59.1 Å². The van der Waals surface area contributed by atoms with Crippen LogP contribution in [0, 0.1) is 5.92 Å². The molecular formula is C15H28N2O2. The van der Waals surface area contributed by atoms with Gasteiger partial charge in [-0.2, -0.15) is 0 Å². The highest BCUT2D eigenvalue weighted by Gasteiger charge is 2.32. The minimum atomic E-state index is -0.697. The van der Waals surface area contributed by atoms with Crippen molar-refractivity contribution in [1.29, 1.82) is 0 Å². The second-order valence-corrected chi connectivity index (χ2v) is 6.11. The van der Waals surface area contributed by atoms with Crippen molar-refractivity contribution in [3.8, 4) is 0 Å². The molecule has 110 valence electrons. The highest BCUT2D eigenvalue weighted by molar-refractivity contribution is 5.72. The van der Waals surface area contributed by atoms with E-state index in [1.165, 1.54) is 32.1 Å². The van der Waals surface area contributed by atoms with Gasteiger partial charge in [0.25, 0.3) is 0 Å². The van der Waals surface area contributed by atoms with Crippen molar-refractivity contribution in [2.75, 3.05) is 26.2 Å². The molecule has 0 aromatic carbocycles. The molecule has 2 rings (SSSR count). The predicted molar refractivity (Wildman–Crippen MR) is 76.3 cm³/mol. The fourth-order valence-electron chi connectivity index (χ4n) is 3.76. The average molecular weight is 268 g/mol. The Morgan fingerprint density at radius 2 is 1.84 bits per heavy atom. The Morgan fingerprint density at radius 1 is 1.21 bits per heavy atom. The summed E-state index contributed by atoms with van der Waals surface area (Å²) in [5.74, 6) is 0.162. The molecule has 0 amide bonds. The normalized spacial score (nSPS) is 32.1. The zero-order valence-corrected chi connectivity index (χ0v) is 12.3. The molecule has 0 radical (unpaired) electrons. The number of hydrogen-bond acceptors (Lipinski definition) is 3. The third-order valence-corrected chi connectivity index (χ3v) is 5.12. The predicted octanol–water partition coefficient (Wildman–Crippen LogP) is 2.05. The standard InChI is InChI=1S/C15H28N2O2/c1-3-13-6-4-5-7-14(13)17-10-8-16(9-11-17)12(2)15(18)19/h12-14H,3-11H2,1-2H3,(H,18,19). The highest BCUT2D eigenvalue weighted by Crippen LogP contribution is 2.31. The van der Waals surface area contributed by atoms with Crippen molar-refractivity contribution in [3.05, 3.63) is 0 Å². The van der Waals surface area contributed by atoms with Gasteiger partial charge in [-0.25, -0.2) is 0 Å². The Kier molecular flexibility index (Phi) is 5.22. The van der Waals surface area contributed by atoms with E-state index in [1.54, 1.807) is 6.92 Å². The molecule has 1 aliphatic heterocycles. The summed E-state index contributed by atoms with van der Waals surface area (Å²) in [6.45, 7) is 8.00. The van der Waals surface area contributed by atoms with Gasteiger partial charge in [0.2, 0.25) is 0 Å². The fourth-order valence-corrected chi connectivity index (χ4v) is 3.76. The van der Waals surface area contributed by atoms with Gasteiger partial charge in [0.05, 0.1) is 0 Å². The number of carboxylic acids is 1. The van der Waals surface area contributed by atoms with Gasteiger partial charge in [0.15, 0.2) is 0 Å². The third-order valence-electron chi connectivity index (χ3n) is 5.12. The maximum atomic E-state index is 11.0. The Bertz CT molecular complexity index is 301. The summed E-state index contributed by atoms with van der Waals surface area (Å²) in [4.78, 5) is 15.7. The summed E-state index contributed by atoms with van der Waals surface area (Å²) in [5, 5.41) is 9.07. The number of rotatable bonds is 4. The number of aliphatic carboxylic acids is 1. The lowest BCUT2D eigenvalue weighted by molar-refractivity contribution is -0.143. The molecule has 1 heterocycles. The molecule has 0 spiro atoms. The second-order valence-electron chi connectivity index (χ2n) is 6.11. The second kappa shape index (κ2) is 6.71. The van der Waals surface area contributed by atoms with Gasteiger partial charge in [0, 0.05) is 32.2 Å². The number of hydrogen-bond donors (Lipinski definition) is 1. The van der Waals surface area contributed by atoms with Crippen LogP contribution in [0.25, 0.3) is 0 Å². The number of carbonyl (C=O) groups is 1. The van der Waals surface area contributed by atoms with Crippen LogP contribution in [-0.2, 0) is 4.79 Å². The third kappa shape index (κ3) is 3.48. The number of carboxylic acid groups (broad SMARTS) is 1. The van der Waals surface area contributed by atoms with E-state index in [1.807, 2.05) is 0 Å². The van der Waals surface area contributed by atoms with Crippen molar-refractivity contribution in [2.45, 2.75) is 58.0 Å².